The molecule has 2 aromatic carbocycles. The Morgan fingerprint density at radius 1 is 1.09 bits per heavy atom. The summed E-state index contributed by atoms with van der Waals surface area (Å²) in [4.78, 5) is 14.0. The van der Waals surface area contributed by atoms with Crippen LogP contribution >= 0.6 is 0 Å². The second-order valence-corrected chi connectivity index (χ2v) is 5.64. The Balaban J connectivity index is 1.59. The highest BCUT2D eigenvalue weighted by Crippen LogP contribution is 2.22. The second-order valence-electron chi connectivity index (χ2n) is 5.64. The van der Waals surface area contributed by atoms with Gasteiger partial charge in [-0.2, -0.15) is 0 Å². The van der Waals surface area contributed by atoms with Crippen LogP contribution in [0.25, 0.3) is 0 Å². The molecule has 1 fully saturated rings. The number of amides is 1. The highest BCUT2D eigenvalue weighted by Gasteiger charge is 2.27. The number of hydrogen-bond acceptors (Lipinski definition) is 2. The van der Waals surface area contributed by atoms with Gasteiger partial charge in [-0.15, -0.1) is 0 Å². The molecule has 3 nitrogen and oxygen atoms in total. The lowest BCUT2D eigenvalue weighted by atomic mass is 10.1. The molecule has 0 radical (unpaired) electrons. The van der Waals surface area contributed by atoms with Gasteiger partial charge in [-0.1, -0.05) is 30.3 Å². The number of piperidine rings is 1. The Morgan fingerprint density at radius 2 is 1.78 bits per heavy atom. The molecule has 0 saturated carbocycles. The average Bonchev–Trinajstić information content (AvgIpc) is 2.50. The van der Waals surface area contributed by atoms with Crippen LogP contribution in [0.1, 0.15) is 18.4 Å². The zero-order valence-corrected chi connectivity index (χ0v) is 12.5. The number of nitrogens with zero attached hydrogens (tertiary/aromatic N) is 1. The molecule has 1 heterocycles. The molecule has 2 aromatic rings. The Labute approximate surface area is 133 Å². The van der Waals surface area contributed by atoms with Gasteiger partial charge in [0, 0.05) is 37.7 Å². The van der Waals surface area contributed by atoms with Gasteiger partial charge in [0.1, 0.15) is 23.5 Å². The van der Waals surface area contributed by atoms with E-state index in [1.165, 1.54) is 0 Å². The highest BCUT2D eigenvalue weighted by molar-refractivity contribution is 5.77. The third kappa shape index (κ3) is 4.06. The first-order chi connectivity index (χ1) is 11.1. The molecule has 0 aromatic heterocycles. The maximum absolute atomic E-state index is 13.2. The smallest absolute Gasteiger partial charge is 0.226 e. The topological polar surface area (TPSA) is 29.5 Å². The van der Waals surface area contributed by atoms with Gasteiger partial charge in [0.25, 0.3) is 0 Å². The van der Waals surface area contributed by atoms with Gasteiger partial charge in [0.15, 0.2) is 0 Å². The number of benzene rings is 2. The predicted octanol–water partition coefficient (Wildman–Crippen LogP) is 3.53. The van der Waals surface area contributed by atoms with Gasteiger partial charge in [-0.25, -0.2) is 8.78 Å². The van der Waals surface area contributed by atoms with E-state index in [4.69, 9.17) is 4.74 Å². The first-order valence-electron chi connectivity index (χ1n) is 7.54. The summed E-state index contributed by atoms with van der Waals surface area (Å²) in [5, 5.41) is 0. The van der Waals surface area contributed by atoms with Gasteiger partial charge in [-0.05, 0) is 5.56 Å². The van der Waals surface area contributed by atoms with Crippen LogP contribution in [0.15, 0.2) is 48.5 Å². The summed E-state index contributed by atoms with van der Waals surface area (Å²) in [7, 11) is 0. The van der Waals surface area contributed by atoms with Crippen LogP contribution in [-0.2, 0) is 11.3 Å². The molecule has 1 aliphatic rings. The van der Waals surface area contributed by atoms with E-state index >= 15 is 0 Å². The fraction of sp³-hybridized carbons (Fsp3) is 0.278. The SMILES string of the molecule is O=C1CC(Oc2cc(F)cc(F)c2)CCN1Cc1ccccc1. The molecule has 1 atom stereocenters. The van der Waals surface area contributed by atoms with Crippen molar-refractivity contribution < 1.29 is 18.3 Å². The molecule has 0 aliphatic carbocycles. The van der Waals surface area contributed by atoms with Crippen LogP contribution in [0.4, 0.5) is 8.78 Å². The molecule has 1 amide bonds. The van der Waals surface area contributed by atoms with E-state index in [1.807, 2.05) is 30.3 Å². The lowest BCUT2D eigenvalue weighted by Crippen LogP contribution is -2.42. The first-order valence-corrected chi connectivity index (χ1v) is 7.54. The lowest BCUT2D eigenvalue weighted by Gasteiger charge is -2.32. The zero-order chi connectivity index (χ0) is 16.2. The first kappa shape index (κ1) is 15.5. The molecule has 23 heavy (non-hydrogen) atoms. The third-order valence-electron chi connectivity index (χ3n) is 3.83. The maximum atomic E-state index is 13.2. The standard InChI is InChI=1S/C18H17F2NO2/c19-14-8-15(20)10-17(9-14)23-16-6-7-21(18(22)11-16)12-13-4-2-1-3-5-13/h1-5,8-10,16H,6-7,11-12H2. The zero-order valence-electron chi connectivity index (χ0n) is 12.5. The number of ether oxygens (including phenoxy) is 1. The molecule has 5 heteroatoms. The fourth-order valence-corrected chi connectivity index (χ4v) is 2.71. The van der Waals surface area contributed by atoms with Crippen LogP contribution in [-0.4, -0.2) is 23.5 Å². The summed E-state index contributed by atoms with van der Waals surface area (Å²) in [6.07, 6.45) is 0.498. The van der Waals surface area contributed by atoms with E-state index in [-0.39, 0.29) is 24.2 Å². The van der Waals surface area contributed by atoms with Crippen molar-refractivity contribution in [1.82, 2.24) is 4.90 Å². The van der Waals surface area contributed by atoms with Crippen LogP contribution in [0.5, 0.6) is 5.75 Å². The highest BCUT2D eigenvalue weighted by atomic mass is 19.1. The number of carbonyl (C=O) groups is 1. The molecular weight excluding hydrogens is 300 g/mol. The number of halogens is 2. The minimum atomic E-state index is -0.687. The maximum Gasteiger partial charge on any atom is 0.226 e. The molecule has 0 bridgehead atoms. The van der Waals surface area contributed by atoms with Crippen molar-refractivity contribution in [3.8, 4) is 5.75 Å². The summed E-state index contributed by atoms with van der Waals surface area (Å²) in [5.74, 6) is -1.26. The van der Waals surface area contributed by atoms with E-state index in [9.17, 15) is 13.6 Å². The number of likely N-dealkylation sites (tertiary alicyclic amines) is 1. The minimum Gasteiger partial charge on any atom is -0.490 e. The van der Waals surface area contributed by atoms with Crippen molar-refractivity contribution in [1.29, 1.82) is 0 Å². The fourth-order valence-electron chi connectivity index (χ4n) is 2.71. The predicted molar refractivity (Wildman–Crippen MR) is 81.9 cm³/mol. The summed E-state index contributed by atoms with van der Waals surface area (Å²) in [6.45, 7) is 1.14. The molecule has 1 saturated heterocycles. The quantitative estimate of drug-likeness (QED) is 0.863. The summed E-state index contributed by atoms with van der Waals surface area (Å²) in [5.41, 5.74) is 1.08. The lowest BCUT2D eigenvalue weighted by molar-refractivity contribution is -0.137. The minimum absolute atomic E-state index is 0.0121. The van der Waals surface area contributed by atoms with Gasteiger partial charge >= 0.3 is 0 Å². The molecule has 0 spiro atoms. The van der Waals surface area contributed by atoms with E-state index in [1.54, 1.807) is 4.90 Å². The molecule has 1 aliphatic heterocycles. The van der Waals surface area contributed by atoms with Crippen LogP contribution in [0.3, 0.4) is 0 Å². The van der Waals surface area contributed by atoms with Crippen molar-refractivity contribution in [2.24, 2.45) is 0 Å². The van der Waals surface area contributed by atoms with Crippen LogP contribution in [0, 0.1) is 11.6 Å². The van der Waals surface area contributed by atoms with Gasteiger partial charge in [0.05, 0.1) is 6.42 Å². The third-order valence-corrected chi connectivity index (χ3v) is 3.83. The van der Waals surface area contributed by atoms with E-state index < -0.39 is 11.6 Å². The Hall–Kier alpha value is -2.43. The van der Waals surface area contributed by atoms with E-state index in [0.717, 1.165) is 23.8 Å². The van der Waals surface area contributed by atoms with E-state index in [2.05, 4.69) is 0 Å². The van der Waals surface area contributed by atoms with Crippen LogP contribution in [0.2, 0.25) is 0 Å². The molecule has 0 N–H and O–H groups in total. The van der Waals surface area contributed by atoms with Crippen molar-refractivity contribution in [2.45, 2.75) is 25.5 Å². The Kier molecular flexibility index (Phi) is 4.55. The summed E-state index contributed by atoms with van der Waals surface area (Å²) >= 11 is 0. The molecular formula is C18H17F2NO2. The van der Waals surface area contributed by atoms with Gasteiger partial charge in [-0.3, -0.25) is 4.79 Å². The average molecular weight is 317 g/mol. The van der Waals surface area contributed by atoms with Crippen molar-refractivity contribution in [3.63, 3.8) is 0 Å². The summed E-state index contributed by atoms with van der Waals surface area (Å²) in [6, 6.07) is 12.8. The van der Waals surface area contributed by atoms with Gasteiger partial charge in [0.2, 0.25) is 5.91 Å². The van der Waals surface area contributed by atoms with Crippen LogP contribution < -0.4 is 4.74 Å². The Bertz CT molecular complexity index is 670. The number of rotatable bonds is 4. The summed E-state index contributed by atoms with van der Waals surface area (Å²) < 4.78 is 31.9. The normalized spacial score (nSPS) is 18.1. The second kappa shape index (κ2) is 6.77. The van der Waals surface area contributed by atoms with Gasteiger partial charge < -0.3 is 9.64 Å². The van der Waals surface area contributed by atoms with Crippen molar-refractivity contribution in [2.75, 3.05) is 6.54 Å². The number of hydrogen-bond donors (Lipinski definition) is 0. The molecule has 3 rings (SSSR count). The number of carbonyl (C=O) groups excluding carboxylic acids is 1. The molecule has 1 unspecified atom stereocenters. The molecule has 120 valence electrons. The monoisotopic (exact) mass is 317 g/mol. The largest absolute Gasteiger partial charge is 0.490 e. The Morgan fingerprint density at radius 3 is 2.43 bits per heavy atom. The van der Waals surface area contributed by atoms with Crippen molar-refractivity contribution in [3.05, 3.63) is 65.7 Å². The van der Waals surface area contributed by atoms with E-state index in [0.29, 0.717) is 19.5 Å². The van der Waals surface area contributed by atoms with Crippen molar-refractivity contribution >= 4 is 5.91 Å².